The third-order valence-electron chi connectivity index (χ3n) is 4.75. The second-order valence-electron chi connectivity index (χ2n) is 6.78. The molecule has 0 fully saturated rings. The summed E-state index contributed by atoms with van der Waals surface area (Å²) >= 11 is 0. The summed E-state index contributed by atoms with van der Waals surface area (Å²) in [5, 5.41) is 0.331. The lowest BCUT2D eigenvalue weighted by Crippen LogP contribution is -2.10. The highest BCUT2D eigenvalue weighted by Gasteiger charge is 2.31. The molecule has 0 atom stereocenters. The molecular weight excluding hydrogens is 431 g/mol. The summed E-state index contributed by atoms with van der Waals surface area (Å²) in [4.78, 5) is 16.9. The number of rotatable bonds is 5. The molecule has 3 aromatic rings. The van der Waals surface area contributed by atoms with Crippen LogP contribution in [0.3, 0.4) is 0 Å². The number of hydrogen-bond acceptors (Lipinski definition) is 5. The maximum Gasteiger partial charge on any atom is 0.416 e. The van der Waals surface area contributed by atoms with E-state index in [0.29, 0.717) is 10.9 Å². The van der Waals surface area contributed by atoms with Gasteiger partial charge >= 0.3 is 12.1 Å². The molecule has 0 amide bonds. The molecule has 0 unspecified atom stereocenters. The molecule has 0 saturated carbocycles. The number of pyridine rings is 1. The van der Waals surface area contributed by atoms with Gasteiger partial charge in [0.1, 0.15) is 0 Å². The molecule has 0 N–H and O–H groups in total. The van der Waals surface area contributed by atoms with Crippen molar-refractivity contribution in [3.05, 3.63) is 71.8 Å². The Labute approximate surface area is 177 Å². The zero-order valence-corrected chi connectivity index (χ0v) is 17.5. The van der Waals surface area contributed by atoms with Gasteiger partial charge in [0, 0.05) is 10.9 Å². The predicted octanol–water partition coefficient (Wildman–Crippen LogP) is 4.98. The molecule has 9 heteroatoms. The zero-order chi connectivity index (χ0) is 23.0. The first-order valence-electron chi connectivity index (χ1n) is 9.03. The number of benzene rings is 2. The number of carbonyl (C=O) groups excluding carboxylic acids is 1. The van der Waals surface area contributed by atoms with E-state index < -0.39 is 27.5 Å². The molecule has 0 radical (unpaired) electrons. The van der Waals surface area contributed by atoms with Crippen molar-refractivity contribution in [2.24, 2.45) is 0 Å². The van der Waals surface area contributed by atoms with Crippen LogP contribution in [0.5, 0.6) is 0 Å². The topological polar surface area (TPSA) is 73.3 Å². The Morgan fingerprint density at radius 1 is 1.19 bits per heavy atom. The van der Waals surface area contributed by atoms with E-state index in [1.54, 1.807) is 6.92 Å². The molecule has 0 aliphatic heterocycles. The Balaban J connectivity index is 2.35. The van der Waals surface area contributed by atoms with Crippen LogP contribution >= 0.6 is 0 Å². The van der Waals surface area contributed by atoms with Gasteiger partial charge in [0.05, 0.1) is 40.1 Å². The zero-order valence-electron chi connectivity index (χ0n) is 16.7. The lowest BCUT2D eigenvalue weighted by molar-refractivity contribution is -0.137. The number of nitrogens with zero attached hydrogens (tertiary/aromatic N) is 1. The fourth-order valence-electron chi connectivity index (χ4n) is 3.27. The standard InChI is InChI=1S/C22H18F3NO4S/c1-4-10-31(28,29)16-8-9-17-18(12-16)26-20(13(2)19(17)21(27)30-3)14-6-5-7-15(11-14)22(23,24)25/h4-9,11-12H,1,10H2,2-3H3. The van der Waals surface area contributed by atoms with Crippen LogP contribution in [0.4, 0.5) is 13.2 Å². The molecule has 31 heavy (non-hydrogen) atoms. The number of alkyl halides is 3. The van der Waals surface area contributed by atoms with Crippen molar-refractivity contribution < 1.29 is 31.1 Å². The van der Waals surface area contributed by atoms with E-state index in [9.17, 15) is 26.4 Å². The fraction of sp³-hybridized carbons (Fsp3) is 0.182. The van der Waals surface area contributed by atoms with Crippen LogP contribution in [0.1, 0.15) is 21.5 Å². The average Bonchev–Trinajstić information content (AvgIpc) is 2.72. The minimum Gasteiger partial charge on any atom is -0.465 e. The summed E-state index contributed by atoms with van der Waals surface area (Å²) in [6, 6.07) is 8.62. The van der Waals surface area contributed by atoms with Gasteiger partial charge in [0.15, 0.2) is 9.84 Å². The van der Waals surface area contributed by atoms with Crippen molar-refractivity contribution in [3.8, 4) is 11.3 Å². The van der Waals surface area contributed by atoms with Gasteiger partial charge in [-0.15, -0.1) is 6.58 Å². The number of aromatic nitrogens is 1. The van der Waals surface area contributed by atoms with Crippen LogP contribution in [0.25, 0.3) is 22.2 Å². The SMILES string of the molecule is C=CCS(=O)(=O)c1ccc2c(C(=O)OC)c(C)c(-c3cccc(C(F)(F)F)c3)nc2c1. The van der Waals surface area contributed by atoms with Gasteiger partial charge in [0.25, 0.3) is 0 Å². The van der Waals surface area contributed by atoms with Gasteiger partial charge in [-0.05, 0) is 36.8 Å². The van der Waals surface area contributed by atoms with Crippen LogP contribution in [-0.4, -0.2) is 32.2 Å². The normalized spacial score (nSPS) is 12.0. The minimum absolute atomic E-state index is 0.0398. The summed E-state index contributed by atoms with van der Waals surface area (Å²) in [5.74, 6) is -1.01. The van der Waals surface area contributed by atoms with Crippen LogP contribution in [-0.2, 0) is 20.8 Å². The van der Waals surface area contributed by atoms with Gasteiger partial charge in [-0.2, -0.15) is 13.2 Å². The first-order valence-corrected chi connectivity index (χ1v) is 10.7. The van der Waals surface area contributed by atoms with Crippen LogP contribution < -0.4 is 0 Å². The molecular formula is C22H18F3NO4S. The van der Waals surface area contributed by atoms with E-state index in [2.05, 4.69) is 11.6 Å². The van der Waals surface area contributed by atoms with Gasteiger partial charge < -0.3 is 4.74 Å². The van der Waals surface area contributed by atoms with Crippen LogP contribution in [0.15, 0.2) is 60.0 Å². The molecule has 1 aromatic heterocycles. The second-order valence-corrected chi connectivity index (χ2v) is 8.81. The number of hydrogen-bond donors (Lipinski definition) is 0. The smallest absolute Gasteiger partial charge is 0.416 e. The van der Waals surface area contributed by atoms with Gasteiger partial charge in [-0.3, -0.25) is 0 Å². The van der Waals surface area contributed by atoms with Crippen molar-refractivity contribution >= 4 is 26.7 Å². The molecule has 1 heterocycles. The first-order chi connectivity index (χ1) is 14.5. The number of methoxy groups -OCH3 is 1. The lowest BCUT2D eigenvalue weighted by atomic mass is 9.97. The molecule has 3 rings (SSSR count). The molecule has 5 nitrogen and oxygen atoms in total. The Hall–Kier alpha value is -3.20. The molecule has 2 aromatic carbocycles. The van der Waals surface area contributed by atoms with Crippen molar-refractivity contribution in [1.82, 2.24) is 4.98 Å². The third-order valence-corrected chi connectivity index (χ3v) is 6.40. The monoisotopic (exact) mass is 449 g/mol. The molecule has 162 valence electrons. The largest absolute Gasteiger partial charge is 0.465 e. The molecule has 0 bridgehead atoms. The molecule has 0 spiro atoms. The summed E-state index contributed by atoms with van der Waals surface area (Å²) in [6.45, 7) is 4.98. The maximum atomic E-state index is 13.2. The van der Waals surface area contributed by atoms with Crippen molar-refractivity contribution in [1.29, 1.82) is 0 Å². The maximum absolute atomic E-state index is 13.2. The van der Waals surface area contributed by atoms with E-state index in [1.807, 2.05) is 0 Å². The Morgan fingerprint density at radius 2 is 1.90 bits per heavy atom. The fourth-order valence-corrected chi connectivity index (χ4v) is 4.34. The average molecular weight is 449 g/mol. The predicted molar refractivity (Wildman–Crippen MR) is 111 cm³/mol. The van der Waals surface area contributed by atoms with E-state index in [4.69, 9.17) is 4.74 Å². The van der Waals surface area contributed by atoms with Crippen molar-refractivity contribution in [2.45, 2.75) is 18.0 Å². The molecule has 0 aliphatic rings. The summed E-state index contributed by atoms with van der Waals surface area (Å²) < 4.78 is 69.2. The lowest BCUT2D eigenvalue weighted by Gasteiger charge is -2.15. The van der Waals surface area contributed by atoms with Crippen molar-refractivity contribution in [2.75, 3.05) is 12.9 Å². The third kappa shape index (κ3) is 4.32. The molecule has 0 saturated heterocycles. The number of esters is 1. The first kappa shape index (κ1) is 22.5. The summed E-state index contributed by atoms with van der Waals surface area (Å²) in [5.41, 5.74) is -0.0410. The van der Waals surface area contributed by atoms with E-state index in [-0.39, 0.29) is 33.0 Å². The summed E-state index contributed by atoms with van der Waals surface area (Å²) in [6.07, 6.45) is -3.31. The Bertz CT molecular complexity index is 1300. The highest BCUT2D eigenvalue weighted by molar-refractivity contribution is 7.91. The van der Waals surface area contributed by atoms with Gasteiger partial charge in [0.2, 0.25) is 0 Å². The quantitative estimate of drug-likeness (QED) is 0.406. The van der Waals surface area contributed by atoms with Crippen LogP contribution in [0.2, 0.25) is 0 Å². The number of fused-ring (bicyclic) bond motifs is 1. The van der Waals surface area contributed by atoms with E-state index in [1.165, 1.54) is 43.5 Å². The van der Waals surface area contributed by atoms with Gasteiger partial charge in [-0.1, -0.05) is 24.3 Å². The van der Waals surface area contributed by atoms with Crippen molar-refractivity contribution in [3.63, 3.8) is 0 Å². The number of carbonyl (C=O) groups is 1. The molecule has 0 aliphatic carbocycles. The van der Waals surface area contributed by atoms with E-state index >= 15 is 0 Å². The summed E-state index contributed by atoms with van der Waals surface area (Å²) in [7, 11) is -2.50. The highest BCUT2D eigenvalue weighted by Crippen LogP contribution is 2.35. The van der Waals surface area contributed by atoms with E-state index in [0.717, 1.165) is 12.1 Å². The van der Waals surface area contributed by atoms with Crippen LogP contribution in [0, 0.1) is 6.92 Å². The Morgan fingerprint density at radius 3 is 2.52 bits per heavy atom. The number of halogens is 3. The number of ether oxygens (including phenoxy) is 1. The minimum atomic E-state index is -4.56. The second kappa shape index (κ2) is 8.14. The van der Waals surface area contributed by atoms with Gasteiger partial charge in [-0.25, -0.2) is 18.2 Å². The Kier molecular flexibility index (Phi) is 5.91. The highest BCUT2D eigenvalue weighted by atomic mass is 32.2. The number of sulfone groups is 1.